The van der Waals surface area contributed by atoms with E-state index in [0.29, 0.717) is 12.5 Å². The zero-order valence-corrected chi connectivity index (χ0v) is 9.58. The predicted octanol–water partition coefficient (Wildman–Crippen LogP) is 2.44. The lowest BCUT2D eigenvalue weighted by atomic mass is 9.94. The number of hydrogen-bond donors (Lipinski definition) is 2. The largest absolute Gasteiger partial charge is 0.397 e. The maximum Gasteiger partial charge on any atom is 0.0456 e. The Labute approximate surface area is 83.0 Å². The van der Waals surface area contributed by atoms with E-state index in [1.54, 1.807) is 6.92 Å². The van der Waals surface area contributed by atoms with E-state index in [1.165, 1.54) is 19.3 Å². The fraction of sp³-hybridized carbons (Fsp3) is 1.00. The average Bonchev–Trinajstić information content (AvgIpc) is 2.06. The van der Waals surface area contributed by atoms with Crippen LogP contribution in [0.3, 0.4) is 0 Å². The Kier molecular flexibility index (Phi) is 14.1. The Balaban J connectivity index is 0. The molecule has 82 valence electrons. The van der Waals surface area contributed by atoms with Gasteiger partial charge >= 0.3 is 0 Å². The topological polar surface area (TPSA) is 40.5 Å². The highest BCUT2D eigenvalue weighted by molar-refractivity contribution is 4.57. The van der Waals surface area contributed by atoms with Gasteiger partial charge in [-0.25, -0.2) is 0 Å². The molecule has 0 heterocycles. The molecule has 2 nitrogen and oxygen atoms in total. The lowest BCUT2D eigenvalue weighted by molar-refractivity contribution is 0.213. The summed E-state index contributed by atoms with van der Waals surface area (Å²) in [5.74, 6) is 1.27. The maximum atomic E-state index is 8.75. The molecule has 0 amide bonds. The van der Waals surface area contributed by atoms with E-state index in [2.05, 4.69) is 20.8 Å². The molecule has 2 N–H and O–H groups in total. The summed E-state index contributed by atoms with van der Waals surface area (Å²) in [7, 11) is 0. The predicted molar refractivity (Wildman–Crippen MR) is 57.7 cm³/mol. The molecule has 2 atom stereocenters. The van der Waals surface area contributed by atoms with Crippen LogP contribution < -0.4 is 0 Å². The second kappa shape index (κ2) is 11.9. The molecule has 0 spiro atoms. The lowest BCUT2D eigenvalue weighted by Crippen LogP contribution is -2.06. The average molecular weight is 190 g/mol. The third-order valence-electron chi connectivity index (χ3n) is 1.90. The summed E-state index contributed by atoms with van der Waals surface area (Å²) in [6.45, 7) is 8.84. The highest BCUT2D eigenvalue weighted by atomic mass is 16.3. The fourth-order valence-corrected chi connectivity index (χ4v) is 1.37. The van der Waals surface area contributed by atoms with Gasteiger partial charge in [-0.05, 0) is 25.2 Å². The van der Waals surface area contributed by atoms with Crippen molar-refractivity contribution in [1.29, 1.82) is 0 Å². The van der Waals surface area contributed by atoms with Crippen molar-refractivity contribution in [3.63, 3.8) is 0 Å². The molecule has 13 heavy (non-hydrogen) atoms. The Morgan fingerprint density at radius 3 is 1.77 bits per heavy atom. The molecule has 2 unspecified atom stereocenters. The summed E-state index contributed by atoms with van der Waals surface area (Å²) in [5, 5.41) is 16.3. The zero-order chi connectivity index (χ0) is 10.7. The minimum atomic E-state index is 0.250. The summed E-state index contributed by atoms with van der Waals surface area (Å²) in [6, 6.07) is 0. The van der Waals surface area contributed by atoms with E-state index in [0.717, 1.165) is 5.92 Å². The van der Waals surface area contributed by atoms with Crippen LogP contribution >= 0.6 is 0 Å². The van der Waals surface area contributed by atoms with Crippen LogP contribution in [0.15, 0.2) is 0 Å². The second-order valence-electron chi connectivity index (χ2n) is 3.73. The van der Waals surface area contributed by atoms with Crippen molar-refractivity contribution < 1.29 is 10.2 Å². The second-order valence-corrected chi connectivity index (χ2v) is 3.73. The van der Waals surface area contributed by atoms with Crippen LogP contribution in [0.5, 0.6) is 0 Å². The molecule has 0 aromatic rings. The van der Waals surface area contributed by atoms with E-state index in [1.807, 2.05) is 0 Å². The third-order valence-corrected chi connectivity index (χ3v) is 1.90. The Morgan fingerprint density at radius 1 is 1.00 bits per heavy atom. The maximum absolute atomic E-state index is 8.75. The molecular formula is C11H26O2. The van der Waals surface area contributed by atoms with Crippen molar-refractivity contribution in [1.82, 2.24) is 0 Å². The van der Waals surface area contributed by atoms with Crippen molar-refractivity contribution in [3.8, 4) is 0 Å². The normalized spacial score (nSPS) is 14.3. The Bertz CT molecular complexity index is 84.2. The van der Waals surface area contributed by atoms with E-state index in [9.17, 15) is 0 Å². The number of aliphatic hydroxyl groups is 2. The van der Waals surface area contributed by atoms with Crippen LogP contribution in [0.25, 0.3) is 0 Å². The first-order chi connectivity index (χ1) is 6.12. The van der Waals surface area contributed by atoms with Crippen molar-refractivity contribution in [3.05, 3.63) is 0 Å². The van der Waals surface area contributed by atoms with Gasteiger partial charge in [0.15, 0.2) is 0 Å². The highest BCUT2D eigenvalue weighted by Gasteiger charge is 2.05. The molecule has 0 fully saturated rings. The monoisotopic (exact) mass is 190 g/mol. The van der Waals surface area contributed by atoms with Crippen molar-refractivity contribution >= 4 is 0 Å². The first kappa shape index (κ1) is 15.4. The summed E-state index contributed by atoms with van der Waals surface area (Å²) in [6.07, 6.45) is 3.73. The molecule has 0 aromatic heterocycles. The van der Waals surface area contributed by atoms with Gasteiger partial charge in [0, 0.05) is 13.2 Å². The number of aliphatic hydroxyl groups excluding tert-OH is 2. The first-order valence-corrected chi connectivity index (χ1v) is 5.33. The molecule has 0 rings (SSSR count). The molecule has 0 aliphatic rings. The van der Waals surface area contributed by atoms with Gasteiger partial charge in [-0.2, -0.15) is 0 Å². The van der Waals surface area contributed by atoms with Crippen molar-refractivity contribution in [2.24, 2.45) is 11.8 Å². The molecule has 2 heteroatoms. The van der Waals surface area contributed by atoms with Gasteiger partial charge in [-0.15, -0.1) is 0 Å². The molecule has 0 aliphatic heterocycles. The number of hydrogen-bond acceptors (Lipinski definition) is 2. The summed E-state index contributed by atoms with van der Waals surface area (Å²) < 4.78 is 0. The van der Waals surface area contributed by atoms with Crippen molar-refractivity contribution in [2.45, 2.75) is 47.0 Å². The molecular weight excluding hydrogens is 164 g/mol. The molecule has 0 bridgehead atoms. The molecule has 0 saturated heterocycles. The summed E-state index contributed by atoms with van der Waals surface area (Å²) in [5.41, 5.74) is 0. The van der Waals surface area contributed by atoms with E-state index < -0.39 is 0 Å². The smallest absolute Gasteiger partial charge is 0.0456 e. The quantitative estimate of drug-likeness (QED) is 0.699. The van der Waals surface area contributed by atoms with Crippen LogP contribution in [-0.2, 0) is 0 Å². The summed E-state index contributed by atoms with van der Waals surface area (Å²) in [4.78, 5) is 0. The highest BCUT2D eigenvalue weighted by Crippen LogP contribution is 2.15. The molecule has 0 aliphatic carbocycles. The first-order valence-electron chi connectivity index (χ1n) is 5.33. The van der Waals surface area contributed by atoms with Gasteiger partial charge in [0.05, 0.1) is 0 Å². The molecule has 0 radical (unpaired) electrons. The molecule has 0 aromatic carbocycles. The van der Waals surface area contributed by atoms with Gasteiger partial charge in [-0.1, -0.05) is 33.6 Å². The van der Waals surface area contributed by atoms with Crippen molar-refractivity contribution in [2.75, 3.05) is 13.2 Å². The SMILES string of the molecule is CCCC(C)CC(C)CO.CCO. The van der Waals surface area contributed by atoms with Crippen LogP contribution in [0.4, 0.5) is 0 Å². The third kappa shape index (κ3) is 14.7. The van der Waals surface area contributed by atoms with Gasteiger partial charge in [-0.3, -0.25) is 0 Å². The minimum absolute atomic E-state index is 0.250. The molecule has 0 saturated carbocycles. The number of rotatable bonds is 5. The summed E-state index contributed by atoms with van der Waals surface area (Å²) >= 11 is 0. The fourth-order valence-electron chi connectivity index (χ4n) is 1.37. The van der Waals surface area contributed by atoms with Gasteiger partial charge in [0.25, 0.3) is 0 Å². The van der Waals surface area contributed by atoms with Crippen LogP contribution in [0.1, 0.15) is 47.0 Å². The van der Waals surface area contributed by atoms with E-state index in [-0.39, 0.29) is 6.61 Å². The van der Waals surface area contributed by atoms with Crippen LogP contribution in [0, 0.1) is 11.8 Å². The zero-order valence-electron chi connectivity index (χ0n) is 9.58. The van der Waals surface area contributed by atoms with E-state index in [4.69, 9.17) is 10.2 Å². The van der Waals surface area contributed by atoms with Crippen LogP contribution in [0.2, 0.25) is 0 Å². The van der Waals surface area contributed by atoms with Crippen LogP contribution in [-0.4, -0.2) is 23.4 Å². The van der Waals surface area contributed by atoms with Gasteiger partial charge in [0.1, 0.15) is 0 Å². The van der Waals surface area contributed by atoms with Gasteiger partial charge in [0.2, 0.25) is 0 Å². The van der Waals surface area contributed by atoms with Gasteiger partial charge < -0.3 is 10.2 Å². The minimum Gasteiger partial charge on any atom is -0.397 e. The van der Waals surface area contributed by atoms with E-state index >= 15 is 0 Å². The Morgan fingerprint density at radius 2 is 1.46 bits per heavy atom. The lowest BCUT2D eigenvalue weighted by Gasteiger charge is -2.13. The standard InChI is InChI=1S/C9H20O.C2H6O/c1-4-5-8(2)6-9(3)7-10;1-2-3/h8-10H,4-7H2,1-3H3;3H,2H2,1H3. The Hall–Kier alpha value is -0.0800.